The van der Waals surface area contributed by atoms with Gasteiger partial charge in [-0.1, -0.05) is 10.3 Å². The lowest BCUT2D eigenvalue weighted by Crippen LogP contribution is -2.24. The first-order valence-electron chi connectivity index (χ1n) is 5.94. The van der Waals surface area contributed by atoms with E-state index in [0.29, 0.717) is 30.5 Å². The SMILES string of the molecule is [N-]=[N+]=NCCCN=C(N)n1nnc2ccc([N+](=O)[O-])cc21. The highest BCUT2D eigenvalue weighted by atomic mass is 16.6. The molecule has 0 saturated carbocycles. The van der Waals surface area contributed by atoms with Gasteiger partial charge < -0.3 is 5.73 Å². The number of azide groups is 1. The van der Waals surface area contributed by atoms with E-state index in [1.807, 2.05) is 0 Å². The van der Waals surface area contributed by atoms with E-state index < -0.39 is 4.92 Å². The Bertz CT molecular complexity index is 744. The number of hydrogen-bond donors (Lipinski definition) is 1. The minimum absolute atomic E-state index is 0.0685. The second-order valence-electron chi connectivity index (χ2n) is 3.98. The number of fused-ring (bicyclic) bond motifs is 1. The van der Waals surface area contributed by atoms with Gasteiger partial charge in [0.05, 0.1) is 4.92 Å². The third kappa shape index (κ3) is 3.22. The van der Waals surface area contributed by atoms with Crippen molar-refractivity contribution in [2.45, 2.75) is 6.42 Å². The van der Waals surface area contributed by atoms with Gasteiger partial charge in [-0.25, -0.2) is 0 Å². The fraction of sp³-hybridized carbons (Fsp3) is 0.300. The molecule has 0 amide bonds. The normalized spacial score (nSPS) is 11.3. The highest BCUT2D eigenvalue weighted by Crippen LogP contribution is 2.18. The number of nitrogens with two attached hydrogens (primary N) is 1. The van der Waals surface area contributed by atoms with Crippen LogP contribution in [0.1, 0.15) is 6.42 Å². The smallest absolute Gasteiger partial charge is 0.271 e. The third-order valence-electron chi connectivity index (χ3n) is 2.61. The molecular formula is C10H11N9O2. The van der Waals surface area contributed by atoms with Crippen molar-refractivity contribution in [3.63, 3.8) is 0 Å². The molecule has 2 rings (SSSR count). The molecule has 1 heterocycles. The number of nitrogens with zero attached hydrogens (tertiary/aromatic N) is 8. The highest BCUT2D eigenvalue weighted by molar-refractivity contribution is 5.90. The quantitative estimate of drug-likeness (QED) is 0.128. The van der Waals surface area contributed by atoms with Crippen LogP contribution in [0.4, 0.5) is 5.69 Å². The summed E-state index contributed by atoms with van der Waals surface area (Å²) in [6.07, 6.45) is 0.539. The van der Waals surface area contributed by atoms with Crippen LogP contribution < -0.4 is 5.73 Å². The number of benzene rings is 1. The molecule has 1 aromatic carbocycles. The van der Waals surface area contributed by atoms with E-state index >= 15 is 0 Å². The van der Waals surface area contributed by atoms with Crippen LogP contribution in [0.2, 0.25) is 0 Å². The number of aromatic nitrogens is 3. The summed E-state index contributed by atoms with van der Waals surface area (Å²) in [5.74, 6) is 0.0685. The standard InChI is InChI=1S/C10H11N9O2/c11-10(13-4-1-5-14-16-12)18-9-6-7(19(20)21)2-3-8(9)15-17-18/h2-3,6H,1,4-5H2,(H2,11,13). The molecule has 0 fully saturated rings. The molecule has 108 valence electrons. The van der Waals surface area contributed by atoms with E-state index in [2.05, 4.69) is 25.3 Å². The molecule has 0 aliphatic heterocycles. The van der Waals surface area contributed by atoms with Crippen molar-refractivity contribution >= 4 is 22.7 Å². The Kier molecular flexibility index (Phi) is 4.26. The van der Waals surface area contributed by atoms with Crippen molar-refractivity contribution in [3.05, 3.63) is 38.8 Å². The average molecular weight is 289 g/mol. The van der Waals surface area contributed by atoms with E-state index in [1.54, 1.807) is 0 Å². The first-order chi connectivity index (χ1) is 10.1. The number of hydrogen-bond acceptors (Lipinski definition) is 6. The largest absolute Gasteiger partial charge is 0.368 e. The van der Waals surface area contributed by atoms with Gasteiger partial charge in [0, 0.05) is 30.1 Å². The lowest BCUT2D eigenvalue weighted by atomic mass is 10.3. The van der Waals surface area contributed by atoms with Crippen LogP contribution >= 0.6 is 0 Å². The molecule has 2 aromatic rings. The van der Waals surface area contributed by atoms with Crippen LogP contribution in [-0.2, 0) is 0 Å². The molecule has 21 heavy (non-hydrogen) atoms. The van der Waals surface area contributed by atoms with E-state index in [9.17, 15) is 10.1 Å². The first-order valence-corrected chi connectivity index (χ1v) is 5.94. The van der Waals surface area contributed by atoms with Crippen molar-refractivity contribution in [1.29, 1.82) is 0 Å². The summed E-state index contributed by atoms with van der Waals surface area (Å²) in [6.45, 7) is 0.665. The van der Waals surface area contributed by atoms with Crippen molar-refractivity contribution in [2.75, 3.05) is 13.1 Å². The van der Waals surface area contributed by atoms with Gasteiger partial charge in [-0.15, -0.1) is 5.10 Å². The van der Waals surface area contributed by atoms with Crippen LogP contribution in [-0.4, -0.2) is 39.0 Å². The monoisotopic (exact) mass is 289 g/mol. The predicted octanol–water partition coefficient (Wildman–Crippen LogP) is 1.20. The molecule has 0 radical (unpaired) electrons. The summed E-state index contributed by atoms with van der Waals surface area (Å²) in [6, 6.07) is 4.16. The Labute approximate surface area is 117 Å². The topological polar surface area (TPSA) is 161 Å². The summed E-state index contributed by atoms with van der Waals surface area (Å²) in [5, 5.41) is 21.8. The Hall–Kier alpha value is -3.20. The van der Waals surface area contributed by atoms with E-state index in [1.165, 1.54) is 22.9 Å². The number of aliphatic imine (C=N–C) groups is 1. The molecule has 1 aromatic heterocycles. The predicted molar refractivity (Wildman–Crippen MR) is 74.7 cm³/mol. The first kappa shape index (κ1) is 14.2. The summed E-state index contributed by atoms with van der Waals surface area (Å²) in [5.41, 5.74) is 14.7. The second kappa shape index (κ2) is 6.30. The second-order valence-corrected chi connectivity index (χ2v) is 3.98. The van der Waals surface area contributed by atoms with E-state index in [0.717, 1.165) is 0 Å². The number of nitro groups is 1. The van der Waals surface area contributed by atoms with E-state index in [-0.39, 0.29) is 11.6 Å². The molecule has 11 heteroatoms. The van der Waals surface area contributed by atoms with Gasteiger partial charge >= 0.3 is 0 Å². The van der Waals surface area contributed by atoms with Crippen LogP contribution in [0.25, 0.3) is 21.5 Å². The maximum atomic E-state index is 10.8. The molecule has 11 nitrogen and oxygen atoms in total. The van der Waals surface area contributed by atoms with Gasteiger partial charge in [0.25, 0.3) is 5.69 Å². The van der Waals surface area contributed by atoms with Gasteiger partial charge in [-0.3, -0.25) is 15.1 Å². The molecule has 0 aliphatic rings. The maximum absolute atomic E-state index is 10.8. The number of nitro benzene ring substituents is 1. The maximum Gasteiger partial charge on any atom is 0.271 e. The molecule has 0 saturated heterocycles. The van der Waals surface area contributed by atoms with Crippen molar-refractivity contribution in [2.24, 2.45) is 15.8 Å². The van der Waals surface area contributed by atoms with Gasteiger partial charge in [-0.05, 0) is 18.0 Å². The fourth-order valence-electron chi connectivity index (χ4n) is 1.64. The van der Waals surface area contributed by atoms with Crippen molar-refractivity contribution < 1.29 is 4.92 Å². The zero-order valence-corrected chi connectivity index (χ0v) is 10.8. The lowest BCUT2D eigenvalue weighted by Gasteiger charge is -2.00. The molecular weight excluding hydrogens is 278 g/mol. The summed E-state index contributed by atoms with van der Waals surface area (Å²) < 4.78 is 1.23. The Morgan fingerprint density at radius 3 is 3.05 bits per heavy atom. The van der Waals surface area contributed by atoms with Crippen LogP contribution in [0.5, 0.6) is 0 Å². The highest BCUT2D eigenvalue weighted by Gasteiger charge is 2.12. The van der Waals surface area contributed by atoms with E-state index in [4.69, 9.17) is 11.3 Å². The molecule has 0 bridgehead atoms. The van der Waals surface area contributed by atoms with Gasteiger partial charge in [0.2, 0.25) is 5.96 Å². The Morgan fingerprint density at radius 2 is 2.33 bits per heavy atom. The summed E-state index contributed by atoms with van der Waals surface area (Å²) >= 11 is 0. The average Bonchev–Trinajstić information content (AvgIpc) is 2.89. The third-order valence-corrected chi connectivity index (χ3v) is 2.61. The van der Waals surface area contributed by atoms with Crippen LogP contribution in [0, 0.1) is 10.1 Å². The molecule has 0 unspecified atom stereocenters. The van der Waals surface area contributed by atoms with Gasteiger partial charge in [0.1, 0.15) is 11.0 Å². The molecule has 0 atom stereocenters. The zero-order chi connectivity index (χ0) is 15.2. The van der Waals surface area contributed by atoms with Gasteiger partial charge in [0.15, 0.2) is 0 Å². The Morgan fingerprint density at radius 1 is 1.52 bits per heavy atom. The van der Waals surface area contributed by atoms with Crippen LogP contribution in [0.3, 0.4) is 0 Å². The number of non-ortho nitro benzene ring substituents is 1. The van der Waals surface area contributed by atoms with Crippen molar-refractivity contribution in [3.8, 4) is 0 Å². The summed E-state index contributed by atoms with van der Waals surface area (Å²) in [7, 11) is 0. The molecule has 0 aliphatic carbocycles. The van der Waals surface area contributed by atoms with Gasteiger partial charge in [-0.2, -0.15) is 4.68 Å². The van der Waals surface area contributed by atoms with Crippen molar-refractivity contribution in [1.82, 2.24) is 15.0 Å². The zero-order valence-electron chi connectivity index (χ0n) is 10.8. The number of rotatable bonds is 5. The fourth-order valence-corrected chi connectivity index (χ4v) is 1.64. The molecule has 0 spiro atoms. The van der Waals surface area contributed by atoms with Crippen LogP contribution in [0.15, 0.2) is 28.3 Å². The Balaban J connectivity index is 2.24. The molecule has 2 N–H and O–H groups in total. The lowest BCUT2D eigenvalue weighted by molar-refractivity contribution is -0.384. The summed E-state index contributed by atoms with van der Waals surface area (Å²) in [4.78, 5) is 17.0. The minimum atomic E-state index is -0.510. The minimum Gasteiger partial charge on any atom is -0.368 e.